The van der Waals surface area contributed by atoms with Gasteiger partial charge in [0.15, 0.2) is 0 Å². The molecule has 0 heterocycles. The molecule has 64 valence electrons. The van der Waals surface area contributed by atoms with E-state index in [-0.39, 0.29) is 5.41 Å². The lowest BCUT2D eigenvalue weighted by atomic mass is 9.64. The van der Waals surface area contributed by atoms with Crippen LogP contribution in [0.5, 0.6) is 0 Å². The molecule has 1 rings (SSSR count). The number of carbonyl (C=O) groups excluding carboxylic acids is 1. The molecule has 2 nitrogen and oxygen atoms in total. The molecule has 1 aliphatic rings. The lowest BCUT2D eigenvalue weighted by Gasteiger charge is -2.43. The van der Waals surface area contributed by atoms with Crippen molar-refractivity contribution in [2.24, 2.45) is 17.1 Å². The smallest absolute Gasteiger partial charge is 0.120 e. The first-order valence-electron chi connectivity index (χ1n) is 4.25. The Morgan fingerprint density at radius 2 is 2.09 bits per heavy atom. The van der Waals surface area contributed by atoms with Gasteiger partial charge in [-0.2, -0.15) is 0 Å². The molecule has 0 amide bonds. The Bertz CT molecular complexity index is 148. The molecule has 0 aromatic carbocycles. The van der Waals surface area contributed by atoms with Crippen LogP contribution in [0.4, 0.5) is 0 Å². The first kappa shape index (κ1) is 8.72. The summed E-state index contributed by atoms with van der Waals surface area (Å²) in [5, 5.41) is 0. The van der Waals surface area contributed by atoms with E-state index in [9.17, 15) is 4.79 Å². The van der Waals surface area contributed by atoms with Crippen molar-refractivity contribution in [3.05, 3.63) is 0 Å². The van der Waals surface area contributed by atoms with Gasteiger partial charge in [0.25, 0.3) is 0 Å². The van der Waals surface area contributed by atoms with Crippen LogP contribution in [0.3, 0.4) is 0 Å². The molecule has 0 bridgehead atoms. The summed E-state index contributed by atoms with van der Waals surface area (Å²) in [6.45, 7) is 4.30. The third-order valence-electron chi connectivity index (χ3n) is 2.89. The van der Waals surface area contributed by atoms with E-state index in [2.05, 4.69) is 13.8 Å². The molecule has 0 spiro atoms. The minimum absolute atomic E-state index is 0.178. The molecule has 0 aromatic heterocycles. The van der Waals surface area contributed by atoms with Crippen molar-refractivity contribution in [2.45, 2.75) is 39.2 Å². The maximum Gasteiger partial charge on any atom is 0.120 e. The van der Waals surface area contributed by atoms with Gasteiger partial charge in [-0.15, -0.1) is 0 Å². The van der Waals surface area contributed by atoms with Gasteiger partial charge in [-0.25, -0.2) is 0 Å². The van der Waals surface area contributed by atoms with Crippen molar-refractivity contribution in [3.8, 4) is 0 Å². The van der Waals surface area contributed by atoms with E-state index < -0.39 is 0 Å². The topological polar surface area (TPSA) is 43.1 Å². The number of hydrogen-bond donors (Lipinski definition) is 1. The van der Waals surface area contributed by atoms with Gasteiger partial charge in [0.05, 0.1) is 0 Å². The highest BCUT2D eigenvalue weighted by Crippen LogP contribution is 2.42. The van der Waals surface area contributed by atoms with Gasteiger partial charge >= 0.3 is 0 Å². The van der Waals surface area contributed by atoms with E-state index in [1.54, 1.807) is 0 Å². The average Bonchev–Trinajstić information content (AvgIpc) is 1.81. The summed E-state index contributed by atoms with van der Waals surface area (Å²) in [4.78, 5) is 10.3. The van der Waals surface area contributed by atoms with Crippen molar-refractivity contribution < 1.29 is 4.79 Å². The largest absolute Gasteiger partial charge is 0.328 e. The Kier molecular flexibility index (Phi) is 2.33. The molecule has 11 heavy (non-hydrogen) atoms. The summed E-state index contributed by atoms with van der Waals surface area (Å²) in [5.41, 5.74) is 5.85. The molecular formula is C9H17NO. The highest BCUT2D eigenvalue weighted by molar-refractivity contribution is 5.50. The molecule has 0 aliphatic heterocycles. The van der Waals surface area contributed by atoms with E-state index in [0.29, 0.717) is 18.4 Å². The van der Waals surface area contributed by atoms with Crippen molar-refractivity contribution in [2.75, 3.05) is 0 Å². The normalized spacial score (nSPS) is 31.2. The second-order valence-electron chi connectivity index (χ2n) is 4.29. The fourth-order valence-electron chi connectivity index (χ4n) is 1.68. The van der Waals surface area contributed by atoms with Crippen LogP contribution < -0.4 is 5.73 Å². The minimum atomic E-state index is 0.178. The van der Waals surface area contributed by atoms with E-state index in [0.717, 1.165) is 19.1 Å². The van der Waals surface area contributed by atoms with Gasteiger partial charge in [-0.1, -0.05) is 13.8 Å². The molecule has 2 N–H and O–H groups in total. The van der Waals surface area contributed by atoms with E-state index in [1.807, 2.05) is 0 Å². The Morgan fingerprint density at radius 1 is 1.55 bits per heavy atom. The summed E-state index contributed by atoms with van der Waals surface area (Å²) in [5.74, 6) is 0.669. The highest BCUT2D eigenvalue weighted by atomic mass is 16.1. The Labute approximate surface area is 68.2 Å². The molecule has 0 unspecified atom stereocenters. The van der Waals surface area contributed by atoms with Gasteiger partial charge in [0.2, 0.25) is 0 Å². The Hall–Kier alpha value is -0.370. The summed E-state index contributed by atoms with van der Waals surface area (Å²) < 4.78 is 0. The first-order valence-corrected chi connectivity index (χ1v) is 4.25. The van der Waals surface area contributed by atoms with Crippen LogP contribution in [0.2, 0.25) is 0 Å². The Morgan fingerprint density at radius 3 is 2.45 bits per heavy atom. The zero-order valence-corrected chi connectivity index (χ0v) is 7.34. The molecule has 1 saturated carbocycles. The summed E-state index contributed by atoms with van der Waals surface area (Å²) >= 11 is 0. The quantitative estimate of drug-likeness (QED) is 0.625. The van der Waals surface area contributed by atoms with Crippen LogP contribution in [0.1, 0.15) is 33.1 Å². The highest BCUT2D eigenvalue weighted by Gasteiger charge is 2.37. The van der Waals surface area contributed by atoms with Crippen LogP contribution in [0, 0.1) is 11.3 Å². The van der Waals surface area contributed by atoms with E-state index in [4.69, 9.17) is 5.73 Å². The molecule has 1 fully saturated rings. The molecule has 1 aliphatic carbocycles. The van der Waals surface area contributed by atoms with Crippen LogP contribution in [-0.4, -0.2) is 12.3 Å². The lowest BCUT2D eigenvalue weighted by molar-refractivity contribution is -0.110. The number of aldehydes is 1. The van der Waals surface area contributed by atoms with Crippen LogP contribution in [0.15, 0.2) is 0 Å². The van der Waals surface area contributed by atoms with E-state index in [1.165, 1.54) is 0 Å². The molecule has 0 atom stereocenters. The zero-order chi connectivity index (χ0) is 8.48. The summed E-state index contributed by atoms with van der Waals surface area (Å²) in [6.07, 6.45) is 3.88. The SMILES string of the molecule is CC(C)(CC=O)C1CC(N)C1. The van der Waals surface area contributed by atoms with Gasteiger partial charge < -0.3 is 10.5 Å². The fraction of sp³-hybridized carbons (Fsp3) is 0.889. The number of carbonyl (C=O) groups is 1. The molecule has 0 saturated heterocycles. The molecule has 2 heteroatoms. The summed E-state index contributed by atoms with van der Waals surface area (Å²) in [6, 6.07) is 0.394. The van der Waals surface area contributed by atoms with Crippen molar-refractivity contribution in [3.63, 3.8) is 0 Å². The average molecular weight is 155 g/mol. The lowest BCUT2D eigenvalue weighted by Crippen LogP contribution is -2.43. The number of hydrogen-bond acceptors (Lipinski definition) is 2. The van der Waals surface area contributed by atoms with Crippen molar-refractivity contribution in [1.82, 2.24) is 0 Å². The van der Waals surface area contributed by atoms with Crippen molar-refractivity contribution in [1.29, 1.82) is 0 Å². The second kappa shape index (κ2) is 2.94. The van der Waals surface area contributed by atoms with Crippen LogP contribution >= 0.6 is 0 Å². The van der Waals surface area contributed by atoms with Gasteiger partial charge in [-0.05, 0) is 24.2 Å². The van der Waals surface area contributed by atoms with Crippen molar-refractivity contribution >= 4 is 6.29 Å². The first-order chi connectivity index (χ1) is 5.06. The molecule has 0 radical (unpaired) electrons. The zero-order valence-electron chi connectivity index (χ0n) is 7.34. The molecule has 0 aromatic rings. The predicted molar refractivity (Wildman–Crippen MR) is 45.2 cm³/mol. The maximum atomic E-state index is 10.3. The third kappa shape index (κ3) is 1.80. The third-order valence-corrected chi connectivity index (χ3v) is 2.89. The minimum Gasteiger partial charge on any atom is -0.328 e. The number of nitrogens with two attached hydrogens (primary N) is 1. The van der Waals surface area contributed by atoms with Crippen LogP contribution in [-0.2, 0) is 4.79 Å². The summed E-state index contributed by atoms with van der Waals surface area (Å²) in [7, 11) is 0. The Balaban J connectivity index is 2.39. The van der Waals surface area contributed by atoms with Crippen LogP contribution in [0.25, 0.3) is 0 Å². The number of rotatable bonds is 3. The van der Waals surface area contributed by atoms with E-state index >= 15 is 0 Å². The standard InChI is InChI=1S/C9H17NO/c1-9(2,3-4-11)7-5-8(10)6-7/h4,7-8H,3,5-6,10H2,1-2H3. The second-order valence-corrected chi connectivity index (χ2v) is 4.29. The van der Waals surface area contributed by atoms with Gasteiger partial charge in [0.1, 0.15) is 6.29 Å². The monoisotopic (exact) mass is 155 g/mol. The molecular weight excluding hydrogens is 138 g/mol. The van der Waals surface area contributed by atoms with Gasteiger partial charge in [-0.3, -0.25) is 0 Å². The van der Waals surface area contributed by atoms with Gasteiger partial charge in [0, 0.05) is 12.5 Å². The fourth-order valence-corrected chi connectivity index (χ4v) is 1.68. The maximum absolute atomic E-state index is 10.3. The predicted octanol–water partition coefficient (Wildman–Crippen LogP) is 1.34.